The van der Waals surface area contributed by atoms with Crippen LogP contribution in [0.2, 0.25) is 0 Å². The molecule has 0 amide bonds. The second-order valence-electron chi connectivity index (χ2n) is 6.80. The number of hydrogen-bond acceptors (Lipinski definition) is 5. The van der Waals surface area contributed by atoms with Crippen LogP contribution in [0.1, 0.15) is 5.56 Å². The second-order valence-corrected chi connectivity index (χ2v) is 6.80. The summed E-state index contributed by atoms with van der Waals surface area (Å²) in [4.78, 5) is 4.42. The normalized spacial score (nSPS) is 11.0. The molecular formula is C24H16N4O. The van der Waals surface area contributed by atoms with Crippen molar-refractivity contribution in [2.24, 2.45) is 0 Å². The molecule has 0 bridgehead atoms. The maximum absolute atomic E-state index is 9.59. The molecule has 0 saturated heterocycles. The summed E-state index contributed by atoms with van der Waals surface area (Å²) in [6.45, 7) is 0. The Morgan fingerprint density at radius 2 is 1.66 bits per heavy atom. The maximum Gasteiger partial charge on any atom is 0.176 e. The molecular weight excluding hydrogens is 360 g/mol. The van der Waals surface area contributed by atoms with Crippen LogP contribution in [0.15, 0.2) is 77.2 Å². The Balaban J connectivity index is 1.80. The molecule has 0 radical (unpaired) electrons. The fraction of sp³-hybridized carbons (Fsp3) is 0. The van der Waals surface area contributed by atoms with E-state index in [1.807, 2.05) is 66.7 Å². The number of anilines is 2. The Bertz CT molecular complexity index is 1430. The number of pyridine rings is 1. The summed E-state index contributed by atoms with van der Waals surface area (Å²) in [7, 11) is 0. The molecule has 0 fully saturated rings. The zero-order chi connectivity index (χ0) is 20.0. The van der Waals surface area contributed by atoms with Gasteiger partial charge in [-0.15, -0.1) is 0 Å². The number of rotatable bonds is 2. The highest BCUT2D eigenvalue weighted by molar-refractivity contribution is 6.14. The van der Waals surface area contributed by atoms with E-state index in [0.717, 1.165) is 21.7 Å². The van der Waals surface area contributed by atoms with Crippen molar-refractivity contribution >= 4 is 33.2 Å². The van der Waals surface area contributed by atoms with Crippen LogP contribution in [0, 0.1) is 11.3 Å². The Morgan fingerprint density at radius 3 is 2.45 bits per heavy atom. The van der Waals surface area contributed by atoms with Crippen LogP contribution in [0.25, 0.3) is 44.3 Å². The van der Waals surface area contributed by atoms with Gasteiger partial charge in [-0.1, -0.05) is 60.7 Å². The molecule has 3 aromatic carbocycles. The number of nitrogen functional groups attached to an aromatic ring is 2. The van der Waals surface area contributed by atoms with Crippen LogP contribution < -0.4 is 11.5 Å². The van der Waals surface area contributed by atoms with Gasteiger partial charge in [0.05, 0.1) is 11.1 Å². The Hall–Kier alpha value is -4.30. The van der Waals surface area contributed by atoms with Gasteiger partial charge in [0.1, 0.15) is 28.7 Å². The zero-order valence-electron chi connectivity index (χ0n) is 15.4. The lowest BCUT2D eigenvalue weighted by molar-refractivity contribution is 0.630. The Kier molecular flexibility index (Phi) is 3.71. The van der Waals surface area contributed by atoms with Crippen LogP contribution in [0.5, 0.6) is 0 Å². The fourth-order valence-corrected chi connectivity index (χ4v) is 3.73. The van der Waals surface area contributed by atoms with E-state index in [1.165, 1.54) is 0 Å². The number of benzene rings is 3. The summed E-state index contributed by atoms with van der Waals surface area (Å²) in [5, 5.41) is 12.5. The summed E-state index contributed by atoms with van der Waals surface area (Å²) in [6.07, 6.45) is 0. The van der Waals surface area contributed by atoms with Crippen molar-refractivity contribution in [3.05, 3.63) is 78.4 Å². The van der Waals surface area contributed by atoms with E-state index in [0.29, 0.717) is 33.9 Å². The van der Waals surface area contributed by atoms with Crippen molar-refractivity contribution in [2.45, 2.75) is 0 Å². The number of fused-ring (bicyclic) bond motifs is 3. The molecule has 0 unspecified atom stereocenters. The molecule has 5 nitrogen and oxygen atoms in total. The van der Waals surface area contributed by atoms with Gasteiger partial charge < -0.3 is 15.9 Å². The van der Waals surface area contributed by atoms with E-state index < -0.39 is 0 Å². The zero-order valence-corrected chi connectivity index (χ0v) is 15.4. The number of nitrogens with zero attached hydrogens (tertiary/aromatic N) is 2. The van der Waals surface area contributed by atoms with Crippen molar-refractivity contribution in [1.29, 1.82) is 5.26 Å². The molecule has 5 aromatic rings. The van der Waals surface area contributed by atoms with Crippen molar-refractivity contribution in [1.82, 2.24) is 4.98 Å². The molecule has 5 rings (SSSR count). The first-order valence-electron chi connectivity index (χ1n) is 9.13. The Morgan fingerprint density at radius 1 is 0.897 bits per heavy atom. The predicted octanol–water partition coefficient (Wildman–Crippen LogP) is 5.35. The minimum Gasteiger partial charge on any atom is -0.452 e. The van der Waals surface area contributed by atoms with Crippen LogP contribution >= 0.6 is 0 Å². The predicted molar refractivity (Wildman–Crippen MR) is 116 cm³/mol. The molecule has 138 valence electrons. The highest BCUT2D eigenvalue weighted by Crippen LogP contribution is 2.41. The number of furan rings is 1. The van der Waals surface area contributed by atoms with Gasteiger partial charge in [-0.05, 0) is 28.5 Å². The van der Waals surface area contributed by atoms with Crippen molar-refractivity contribution < 1.29 is 4.42 Å². The van der Waals surface area contributed by atoms with E-state index in [4.69, 9.17) is 15.9 Å². The minimum absolute atomic E-state index is 0.147. The molecule has 0 saturated carbocycles. The third-order valence-corrected chi connectivity index (χ3v) is 5.09. The molecule has 5 heteroatoms. The smallest absolute Gasteiger partial charge is 0.176 e. The second kappa shape index (κ2) is 6.39. The average Bonchev–Trinajstić information content (AvgIpc) is 3.11. The molecule has 2 aromatic heterocycles. The average molecular weight is 376 g/mol. The number of hydrogen-bond donors (Lipinski definition) is 2. The number of aromatic nitrogens is 1. The fourth-order valence-electron chi connectivity index (χ4n) is 3.73. The first-order valence-corrected chi connectivity index (χ1v) is 9.13. The maximum atomic E-state index is 9.59. The monoisotopic (exact) mass is 376 g/mol. The van der Waals surface area contributed by atoms with E-state index in [9.17, 15) is 5.26 Å². The van der Waals surface area contributed by atoms with E-state index in [2.05, 4.69) is 11.1 Å². The van der Waals surface area contributed by atoms with E-state index >= 15 is 0 Å². The van der Waals surface area contributed by atoms with E-state index in [1.54, 1.807) is 6.07 Å². The molecule has 29 heavy (non-hydrogen) atoms. The molecule has 0 aliphatic heterocycles. The summed E-state index contributed by atoms with van der Waals surface area (Å²) < 4.78 is 6.09. The van der Waals surface area contributed by atoms with Gasteiger partial charge in [0, 0.05) is 5.56 Å². The lowest BCUT2D eigenvalue weighted by atomic mass is 9.99. The van der Waals surface area contributed by atoms with Crippen molar-refractivity contribution in [3.8, 4) is 28.7 Å². The summed E-state index contributed by atoms with van der Waals surface area (Å²) in [6, 6.07) is 25.5. The number of nitrogens with two attached hydrogens (primary N) is 2. The largest absolute Gasteiger partial charge is 0.452 e. The minimum atomic E-state index is 0.147. The van der Waals surface area contributed by atoms with Gasteiger partial charge in [-0.25, -0.2) is 4.98 Å². The lowest BCUT2D eigenvalue weighted by Crippen LogP contribution is -2.00. The van der Waals surface area contributed by atoms with Crippen LogP contribution in [-0.2, 0) is 0 Å². The standard InChI is InChI=1S/C24H16N4O/c25-13-18-17(14-6-2-1-3-7-14)12-19(28-24(18)27)23-22(26)21-16-9-5-4-8-15(16)10-11-20(21)29-23/h1-12H,26H2,(H2,27,28). The van der Waals surface area contributed by atoms with Crippen molar-refractivity contribution in [2.75, 3.05) is 11.5 Å². The molecule has 4 N–H and O–H groups in total. The van der Waals surface area contributed by atoms with Gasteiger partial charge >= 0.3 is 0 Å². The van der Waals surface area contributed by atoms with Gasteiger partial charge in [-0.2, -0.15) is 5.26 Å². The quantitative estimate of drug-likeness (QED) is 0.432. The molecule has 0 atom stereocenters. The van der Waals surface area contributed by atoms with Crippen LogP contribution in [0.3, 0.4) is 0 Å². The first-order chi connectivity index (χ1) is 14.2. The van der Waals surface area contributed by atoms with Crippen molar-refractivity contribution in [3.63, 3.8) is 0 Å². The molecule has 0 aliphatic rings. The van der Waals surface area contributed by atoms with Gasteiger partial charge in [0.25, 0.3) is 0 Å². The van der Waals surface area contributed by atoms with Gasteiger partial charge in [-0.3, -0.25) is 0 Å². The third-order valence-electron chi connectivity index (χ3n) is 5.09. The van der Waals surface area contributed by atoms with Gasteiger partial charge in [0.2, 0.25) is 0 Å². The first kappa shape index (κ1) is 16.8. The van der Waals surface area contributed by atoms with Gasteiger partial charge in [0.15, 0.2) is 5.76 Å². The topological polar surface area (TPSA) is 102 Å². The Labute approximate surface area is 166 Å². The highest BCUT2D eigenvalue weighted by atomic mass is 16.3. The number of nitriles is 1. The molecule has 0 aliphatic carbocycles. The summed E-state index contributed by atoms with van der Waals surface area (Å²) in [5.41, 5.74) is 16.2. The third kappa shape index (κ3) is 2.59. The lowest BCUT2D eigenvalue weighted by Gasteiger charge is -2.09. The molecule has 2 heterocycles. The summed E-state index contributed by atoms with van der Waals surface area (Å²) >= 11 is 0. The molecule has 0 spiro atoms. The SMILES string of the molecule is N#Cc1c(-c2ccccc2)cc(-c2oc3ccc4ccccc4c3c2N)nc1N. The van der Waals surface area contributed by atoms with Crippen LogP contribution in [0.4, 0.5) is 11.5 Å². The highest BCUT2D eigenvalue weighted by Gasteiger charge is 2.20. The van der Waals surface area contributed by atoms with Crippen LogP contribution in [-0.4, -0.2) is 4.98 Å². The van der Waals surface area contributed by atoms with E-state index in [-0.39, 0.29) is 5.82 Å². The summed E-state index contributed by atoms with van der Waals surface area (Å²) in [5.74, 6) is 0.596.